The first-order chi connectivity index (χ1) is 11.5. The Morgan fingerprint density at radius 1 is 1.21 bits per heavy atom. The molecule has 0 amide bonds. The fourth-order valence-corrected chi connectivity index (χ4v) is 3.17. The molecule has 1 aliphatic rings. The van der Waals surface area contributed by atoms with E-state index in [0.29, 0.717) is 0 Å². The lowest BCUT2D eigenvalue weighted by Gasteiger charge is -2.22. The summed E-state index contributed by atoms with van der Waals surface area (Å²) in [5, 5.41) is 13.5. The Hall–Kier alpha value is -2.87. The van der Waals surface area contributed by atoms with Crippen molar-refractivity contribution in [1.29, 1.82) is 0 Å². The smallest absolute Gasteiger partial charge is 0.337 e. The Balaban J connectivity index is 1.72. The average Bonchev–Trinajstić information content (AvgIpc) is 3.04. The minimum Gasteiger partial charge on any atom is -0.337 e. The van der Waals surface area contributed by atoms with Crippen molar-refractivity contribution < 1.29 is 14.5 Å². The summed E-state index contributed by atoms with van der Waals surface area (Å²) in [4.78, 5) is 38.4. The van der Waals surface area contributed by atoms with E-state index >= 15 is 0 Å². The predicted molar refractivity (Wildman–Crippen MR) is 88.9 cm³/mol. The topological polar surface area (TPSA) is 102 Å². The van der Waals surface area contributed by atoms with Gasteiger partial charge in [-0.25, -0.2) is 4.98 Å². The Morgan fingerprint density at radius 3 is 2.46 bits per heavy atom. The van der Waals surface area contributed by atoms with Crippen LogP contribution in [0.2, 0.25) is 0 Å². The van der Waals surface area contributed by atoms with Gasteiger partial charge >= 0.3 is 5.00 Å². The molecule has 1 fully saturated rings. The highest BCUT2D eigenvalue weighted by atomic mass is 32.1. The van der Waals surface area contributed by atoms with Crippen molar-refractivity contribution in [2.24, 2.45) is 0 Å². The molecule has 1 heterocycles. The second-order valence-corrected chi connectivity index (χ2v) is 6.33. The molecule has 0 unspecified atom stereocenters. The summed E-state index contributed by atoms with van der Waals surface area (Å²) in [5.41, 5.74) is 1.06. The van der Waals surface area contributed by atoms with E-state index in [0.717, 1.165) is 23.1 Å². The number of hydrogen-bond donors (Lipinski definition) is 1. The fourth-order valence-electron chi connectivity index (χ4n) is 2.57. The van der Waals surface area contributed by atoms with Gasteiger partial charge in [0.25, 0.3) is 0 Å². The average molecular weight is 343 g/mol. The normalized spacial score (nSPS) is 17.7. The number of Topliss-reactive ketones (excluding diaryl/α,β-unsaturated/α-hetero) is 2. The molecule has 1 aromatic carbocycles. The third-order valence-electron chi connectivity index (χ3n) is 3.75. The van der Waals surface area contributed by atoms with Crippen molar-refractivity contribution in [2.75, 3.05) is 5.32 Å². The fraction of sp³-hybridized carbons (Fsp3) is 0.188. The number of nitro groups is 1. The lowest BCUT2D eigenvalue weighted by atomic mass is 9.80. The Morgan fingerprint density at radius 2 is 1.88 bits per heavy atom. The van der Waals surface area contributed by atoms with Gasteiger partial charge in [-0.15, -0.1) is 0 Å². The first kappa shape index (κ1) is 16.0. The Kier molecular flexibility index (Phi) is 4.48. The van der Waals surface area contributed by atoms with Gasteiger partial charge in [0.1, 0.15) is 6.20 Å². The molecule has 1 aromatic heterocycles. The molecule has 8 heteroatoms. The van der Waals surface area contributed by atoms with E-state index in [2.05, 4.69) is 10.3 Å². The van der Waals surface area contributed by atoms with Gasteiger partial charge in [-0.1, -0.05) is 30.3 Å². The van der Waals surface area contributed by atoms with E-state index in [4.69, 9.17) is 0 Å². The van der Waals surface area contributed by atoms with Crippen LogP contribution in [0.15, 0.2) is 48.3 Å². The van der Waals surface area contributed by atoms with Gasteiger partial charge in [0.2, 0.25) is 0 Å². The molecule has 24 heavy (non-hydrogen) atoms. The number of nitrogens with one attached hydrogen (secondary N) is 1. The number of carbonyl (C=O) groups is 2. The van der Waals surface area contributed by atoms with Crippen LogP contribution in [-0.2, 0) is 9.59 Å². The van der Waals surface area contributed by atoms with Crippen LogP contribution in [0.3, 0.4) is 0 Å². The maximum atomic E-state index is 12.3. The van der Waals surface area contributed by atoms with E-state index in [1.54, 1.807) is 0 Å². The molecule has 7 nitrogen and oxygen atoms in total. The third kappa shape index (κ3) is 3.38. The number of nitrogens with zero attached hydrogens (tertiary/aromatic N) is 2. The first-order valence-corrected chi connectivity index (χ1v) is 8.04. The number of hydrogen-bond acceptors (Lipinski definition) is 7. The molecule has 1 saturated carbocycles. The van der Waals surface area contributed by atoms with Gasteiger partial charge in [0.05, 0.1) is 10.5 Å². The molecule has 1 aliphatic carbocycles. The summed E-state index contributed by atoms with van der Waals surface area (Å²) in [5.74, 6) is -0.582. The highest BCUT2D eigenvalue weighted by Crippen LogP contribution is 2.32. The highest BCUT2D eigenvalue weighted by Gasteiger charge is 2.31. The third-order valence-corrected chi connectivity index (χ3v) is 4.63. The van der Waals surface area contributed by atoms with Gasteiger partial charge in [-0.05, 0) is 22.8 Å². The number of benzene rings is 1. The van der Waals surface area contributed by atoms with Crippen LogP contribution in [0, 0.1) is 10.1 Å². The summed E-state index contributed by atoms with van der Waals surface area (Å²) < 4.78 is 0. The molecule has 0 radical (unpaired) electrons. The predicted octanol–water partition coefficient (Wildman–Crippen LogP) is 3.06. The number of anilines is 1. The molecule has 3 rings (SSSR count). The van der Waals surface area contributed by atoms with Crippen LogP contribution in [0.1, 0.15) is 24.3 Å². The van der Waals surface area contributed by atoms with Crippen LogP contribution in [0.4, 0.5) is 10.1 Å². The molecule has 0 spiro atoms. The summed E-state index contributed by atoms with van der Waals surface area (Å²) >= 11 is 0.841. The largest absolute Gasteiger partial charge is 0.345 e. The minimum absolute atomic E-state index is 0.0834. The molecule has 2 aromatic rings. The summed E-state index contributed by atoms with van der Waals surface area (Å²) in [6, 6.07) is 9.47. The lowest BCUT2D eigenvalue weighted by Crippen LogP contribution is -2.25. The molecular weight excluding hydrogens is 330 g/mol. The Bertz CT molecular complexity index is 809. The van der Waals surface area contributed by atoms with Crippen molar-refractivity contribution in [3.63, 3.8) is 0 Å². The summed E-state index contributed by atoms with van der Waals surface area (Å²) in [6.07, 6.45) is 2.96. The first-order valence-electron chi connectivity index (χ1n) is 7.23. The molecular formula is C16H13N3O4S. The second kappa shape index (κ2) is 6.71. The van der Waals surface area contributed by atoms with E-state index in [-0.39, 0.29) is 46.0 Å². The Labute approximate surface area is 141 Å². The second-order valence-electron chi connectivity index (χ2n) is 5.33. The minimum atomic E-state index is -0.544. The van der Waals surface area contributed by atoms with Crippen LogP contribution < -0.4 is 5.32 Å². The molecule has 0 atom stereocenters. The molecule has 0 bridgehead atoms. The standard InChI is InChI=1S/C16H13N3O4S/c20-13-6-11(10-4-2-1-3-5-10)7-14(21)12(13)8-17-16-18-9-15(24-16)19(22)23/h1-5,8-9,11H,6-7H2,(H,17,18). The van der Waals surface area contributed by atoms with Crippen molar-refractivity contribution >= 4 is 33.0 Å². The maximum absolute atomic E-state index is 12.3. The molecule has 1 N–H and O–H groups in total. The van der Waals surface area contributed by atoms with Gasteiger partial charge in [0, 0.05) is 19.0 Å². The van der Waals surface area contributed by atoms with Gasteiger partial charge in [-0.2, -0.15) is 0 Å². The number of carbonyl (C=O) groups excluding carboxylic acids is 2. The molecule has 0 saturated heterocycles. The number of aromatic nitrogens is 1. The summed E-state index contributed by atoms with van der Waals surface area (Å²) in [6.45, 7) is 0. The zero-order chi connectivity index (χ0) is 17.1. The van der Waals surface area contributed by atoms with Crippen molar-refractivity contribution in [3.05, 3.63) is 64.0 Å². The van der Waals surface area contributed by atoms with Crippen LogP contribution in [0.5, 0.6) is 0 Å². The van der Waals surface area contributed by atoms with E-state index in [1.807, 2.05) is 30.3 Å². The number of rotatable bonds is 4. The highest BCUT2D eigenvalue weighted by molar-refractivity contribution is 7.18. The monoisotopic (exact) mass is 343 g/mol. The van der Waals surface area contributed by atoms with E-state index in [9.17, 15) is 19.7 Å². The van der Waals surface area contributed by atoms with Gasteiger partial charge in [-0.3, -0.25) is 19.7 Å². The van der Waals surface area contributed by atoms with E-state index < -0.39 is 4.92 Å². The van der Waals surface area contributed by atoms with E-state index in [1.165, 1.54) is 6.20 Å². The van der Waals surface area contributed by atoms with Crippen molar-refractivity contribution in [1.82, 2.24) is 4.98 Å². The van der Waals surface area contributed by atoms with Gasteiger partial charge in [0.15, 0.2) is 16.7 Å². The van der Waals surface area contributed by atoms with Crippen molar-refractivity contribution in [2.45, 2.75) is 18.8 Å². The zero-order valence-corrected chi connectivity index (χ0v) is 13.3. The van der Waals surface area contributed by atoms with Crippen molar-refractivity contribution in [3.8, 4) is 0 Å². The van der Waals surface area contributed by atoms with Crippen LogP contribution in [0.25, 0.3) is 0 Å². The zero-order valence-electron chi connectivity index (χ0n) is 12.5. The SMILES string of the molecule is O=C1CC(c2ccccc2)CC(=O)C1=CNc1ncc([N+](=O)[O-])s1. The molecule has 122 valence electrons. The summed E-state index contributed by atoms with van der Waals surface area (Å²) in [7, 11) is 0. The van der Waals surface area contributed by atoms with Crippen LogP contribution >= 0.6 is 11.3 Å². The molecule has 0 aliphatic heterocycles. The quantitative estimate of drug-likeness (QED) is 0.396. The maximum Gasteiger partial charge on any atom is 0.345 e. The van der Waals surface area contributed by atoms with Gasteiger partial charge < -0.3 is 5.32 Å². The number of allylic oxidation sites excluding steroid dienone is 1. The number of thiazole rings is 1. The number of ketones is 2. The van der Waals surface area contributed by atoms with Crippen LogP contribution in [-0.4, -0.2) is 21.5 Å². The lowest BCUT2D eigenvalue weighted by molar-refractivity contribution is -0.380.